The van der Waals surface area contributed by atoms with Crippen molar-refractivity contribution in [1.82, 2.24) is 4.90 Å². The number of alkyl halides is 2. The second-order valence-corrected chi connectivity index (χ2v) is 10.9. The Balaban J connectivity index is 2.42. The van der Waals surface area contributed by atoms with Crippen molar-refractivity contribution in [3.05, 3.63) is 16.0 Å². The summed E-state index contributed by atoms with van der Waals surface area (Å²) in [6, 6.07) is 0. The monoisotopic (exact) mass is 480 g/mol. The molecule has 1 N–H and O–H groups in total. The number of anilines is 1. The molecule has 0 bridgehead atoms. The second-order valence-electron chi connectivity index (χ2n) is 6.12. The summed E-state index contributed by atoms with van der Waals surface area (Å²) in [7, 11) is 4.53. The molecule has 1 aliphatic rings. The number of hydrogen-bond donors (Lipinski definition) is 1. The average Bonchev–Trinajstić information content (AvgIpc) is 2.85. The maximum Gasteiger partial charge on any atom is 0.341 e. The minimum absolute atomic E-state index is 0.222. The third-order valence-corrected chi connectivity index (χ3v) is 7.63. The fourth-order valence-corrected chi connectivity index (χ4v) is 4.94. The molecule has 0 aromatic carbocycles. The Morgan fingerprint density at radius 1 is 1.29 bits per heavy atom. The van der Waals surface area contributed by atoms with E-state index in [1.807, 2.05) is 6.92 Å². The van der Waals surface area contributed by atoms with Crippen LogP contribution in [0.15, 0.2) is 0 Å². The average molecular weight is 482 g/mol. The molecule has 2 rings (SSSR count). The van der Waals surface area contributed by atoms with Crippen molar-refractivity contribution in [1.29, 1.82) is 0 Å². The molecule has 0 aliphatic heterocycles. The van der Waals surface area contributed by atoms with E-state index in [1.54, 1.807) is 21.0 Å². The van der Waals surface area contributed by atoms with Gasteiger partial charge in [0.15, 0.2) is 0 Å². The zero-order valence-corrected chi connectivity index (χ0v) is 17.9. The predicted molar refractivity (Wildman–Crippen MR) is 100 cm³/mol. The Kier molecular flexibility index (Phi) is 5.19. The van der Waals surface area contributed by atoms with Gasteiger partial charge in [0.2, 0.25) is 5.91 Å². The number of esters is 1. The zero-order chi connectivity index (χ0) is 18.4. The van der Waals surface area contributed by atoms with E-state index in [9.17, 15) is 14.4 Å². The quantitative estimate of drug-likeness (QED) is 0.528. The topological polar surface area (TPSA) is 75.7 Å². The van der Waals surface area contributed by atoms with Gasteiger partial charge >= 0.3 is 5.97 Å². The number of nitrogens with one attached hydrogen (secondary N) is 1. The van der Waals surface area contributed by atoms with Gasteiger partial charge in [-0.05, 0) is 25.8 Å². The lowest BCUT2D eigenvalue weighted by molar-refractivity contribution is -0.120. The van der Waals surface area contributed by atoms with Gasteiger partial charge in [0.25, 0.3) is 5.91 Å². The maximum absolute atomic E-state index is 12.6. The smallest absolute Gasteiger partial charge is 0.341 e. The summed E-state index contributed by atoms with van der Waals surface area (Å²) in [5, 5.41) is 3.12. The second kappa shape index (κ2) is 6.42. The highest BCUT2D eigenvalue weighted by molar-refractivity contribution is 9.25. The van der Waals surface area contributed by atoms with Crippen molar-refractivity contribution in [2.45, 2.75) is 23.5 Å². The molecule has 1 saturated carbocycles. The van der Waals surface area contributed by atoms with E-state index in [0.717, 1.165) is 11.3 Å². The highest BCUT2D eigenvalue weighted by atomic mass is 79.9. The van der Waals surface area contributed by atoms with Gasteiger partial charge < -0.3 is 15.0 Å². The highest BCUT2D eigenvalue weighted by Crippen LogP contribution is 2.66. The van der Waals surface area contributed by atoms with Gasteiger partial charge in [-0.25, -0.2) is 4.79 Å². The summed E-state index contributed by atoms with van der Waals surface area (Å²) >= 11 is 7.99. The fourth-order valence-electron chi connectivity index (χ4n) is 2.24. The van der Waals surface area contributed by atoms with Gasteiger partial charge in [-0.15, -0.1) is 11.3 Å². The van der Waals surface area contributed by atoms with Gasteiger partial charge in [0.05, 0.1) is 26.2 Å². The molecule has 1 atom stereocenters. The van der Waals surface area contributed by atoms with Crippen LogP contribution in [0.4, 0.5) is 5.00 Å². The van der Waals surface area contributed by atoms with Crippen LogP contribution in [-0.4, -0.2) is 47.1 Å². The molecule has 0 saturated heterocycles. The number of amides is 2. The Bertz CT molecular complexity index is 729. The Hall–Kier alpha value is -0.930. The van der Waals surface area contributed by atoms with Gasteiger partial charge in [-0.1, -0.05) is 31.9 Å². The molecule has 1 heterocycles. The van der Waals surface area contributed by atoms with E-state index >= 15 is 0 Å². The summed E-state index contributed by atoms with van der Waals surface area (Å²) < 4.78 is 4.36. The van der Waals surface area contributed by atoms with E-state index in [0.29, 0.717) is 21.9 Å². The van der Waals surface area contributed by atoms with Crippen molar-refractivity contribution in [3.8, 4) is 0 Å². The summed E-state index contributed by atoms with van der Waals surface area (Å²) in [5.41, 5.74) is 0.0927. The number of nitrogens with zero attached hydrogens (tertiary/aromatic N) is 1. The van der Waals surface area contributed by atoms with Gasteiger partial charge in [0.1, 0.15) is 5.00 Å². The van der Waals surface area contributed by atoms with Crippen molar-refractivity contribution in [2.24, 2.45) is 5.41 Å². The van der Waals surface area contributed by atoms with Crippen LogP contribution >= 0.6 is 43.2 Å². The number of carbonyl (C=O) groups excluding carboxylic acids is 3. The summed E-state index contributed by atoms with van der Waals surface area (Å²) in [6.45, 7) is 3.49. The van der Waals surface area contributed by atoms with Crippen molar-refractivity contribution in [3.63, 3.8) is 0 Å². The predicted octanol–water partition coefficient (Wildman–Crippen LogP) is 3.38. The Morgan fingerprint density at radius 3 is 2.25 bits per heavy atom. The maximum atomic E-state index is 12.6. The van der Waals surface area contributed by atoms with Crippen LogP contribution in [0, 0.1) is 12.3 Å². The molecule has 6 nitrogen and oxygen atoms in total. The Labute approximate surface area is 161 Å². The largest absolute Gasteiger partial charge is 0.465 e. The molecule has 1 fully saturated rings. The van der Waals surface area contributed by atoms with Gasteiger partial charge in [-0.3, -0.25) is 9.59 Å². The standard InChI is InChI=1S/C15H18Br2N2O4S/c1-7-8(12(21)23-5)10(24-9(7)11(20)19(3)4)18-13(22)14(2)6-15(14,16)17/h6H2,1-5H3,(H,18,22). The first-order valence-electron chi connectivity index (χ1n) is 7.09. The summed E-state index contributed by atoms with van der Waals surface area (Å²) in [6.07, 6.45) is 0.618. The van der Waals surface area contributed by atoms with Gasteiger partial charge in [0, 0.05) is 14.1 Å². The number of halogens is 2. The number of hydrogen-bond acceptors (Lipinski definition) is 5. The normalized spacial score (nSPS) is 21.1. The molecule has 0 radical (unpaired) electrons. The lowest BCUT2D eigenvalue weighted by Gasteiger charge is -2.13. The molecule has 1 aliphatic carbocycles. The minimum Gasteiger partial charge on any atom is -0.465 e. The van der Waals surface area contributed by atoms with Crippen LogP contribution in [0.5, 0.6) is 0 Å². The van der Waals surface area contributed by atoms with Crippen molar-refractivity contribution >= 4 is 66.0 Å². The van der Waals surface area contributed by atoms with Crippen LogP contribution < -0.4 is 5.32 Å². The number of ether oxygens (including phenoxy) is 1. The van der Waals surface area contributed by atoms with E-state index in [-0.39, 0.29) is 17.4 Å². The van der Waals surface area contributed by atoms with Crippen LogP contribution in [0.2, 0.25) is 0 Å². The first-order chi connectivity index (χ1) is 11.0. The third-order valence-electron chi connectivity index (χ3n) is 4.12. The molecule has 24 heavy (non-hydrogen) atoms. The number of carbonyl (C=O) groups is 3. The first kappa shape index (κ1) is 19.4. The molecule has 1 aromatic rings. The van der Waals surface area contributed by atoms with E-state index < -0.39 is 14.6 Å². The number of rotatable bonds is 4. The fraction of sp³-hybridized carbons (Fsp3) is 0.533. The lowest BCUT2D eigenvalue weighted by Crippen LogP contribution is -2.26. The van der Waals surface area contributed by atoms with Crippen LogP contribution in [0.25, 0.3) is 0 Å². The van der Waals surface area contributed by atoms with Crippen LogP contribution in [0.3, 0.4) is 0 Å². The first-order valence-corrected chi connectivity index (χ1v) is 9.49. The Morgan fingerprint density at radius 2 is 1.83 bits per heavy atom. The molecule has 132 valence electrons. The molecule has 2 amide bonds. The molecule has 0 spiro atoms. The molecule has 1 aromatic heterocycles. The minimum atomic E-state index is -0.635. The molecular formula is C15H18Br2N2O4S. The zero-order valence-electron chi connectivity index (χ0n) is 14.0. The van der Waals surface area contributed by atoms with Crippen molar-refractivity contribution < 1.29 is 19.1 Å². The molecular weight excluding hydrogens is 464 g/mol. The number of methoxy groups -OCH3 is 1. The lowest BCUT2D eigenvalue weighted by atomic mass is 10.1. The molecule has 1 unspecified atom stereocenters. The van der Waals surface area contributed by atoms with E-state index in [1.165, 1.54) is 12.0 Å². The van der Waals surface area contributed by atoms with Gasteiger partial charge in [-0.2, -0.15) is 0 Å². The summed E-state index contributed by atoms with van der Waals surface area (Å²) in [5.74, 6) is -1.04. The van der Waals surface area contributed by atoms with Crippen LogP contribution in [0.1, 0.15) is 38.9 Å². The van der Waals surface area contributed by atoms with Crippen molar-refractivity contribution in [2.75, 3.05) is 26.5 Å². The van der Waals surface area contributed by atoms with E-state index in [4.69, 9.17) is 4.74 Å². The summed E-state index contributed by atoms with van der Waals surface area (Å²) in [4.78, 5) is 38.8. The molecule has 9 heteroatoms. The number of thiophene rings is 1. The third kappa shape index (κ3) is 3.13. The van der Waals surface area contributed by atoms with E-state index in [2.05, 4.69) is 37.2 Å². The van der Waals surface area contributed by atoms with Crippen LogP contribution in [-0.2, 0) is 9.53 Å². The highest BCUT2D eigenvalue weighted by Gasteiger charge is 2.66. The SMILES string of the molecule is COC(=O)c1c(NC(=O)C2(C)CC2(Br)Br)sc(C(=O)N(C)C)c1C.